The van der Waals surface area contributed by atoms with Crippen LogP contribution in [0.3, 0.4) is 0 Å². The molecule has 6 heteroatoms. The molecule has 2 rings (SSSR count). The summed E-state index contributed by atoms with van der Waals surface area (Å²) in [5, 5.41) is 7.33. The second-order valence-electron chi connectivity index (χ2n) is 4.24. The summed E-state index contributed by atoms with van der Waals surface area (Å²) in [4.78, 5) is 12.0. The summed E-state index contributed by atoms with van der Waals surface area (Å²) >= 11 is 3.41. The van der Waals surface area contributed by atoms with Crippen LogP contribution >= 0.6 is 15.9 Å². The standard InChI is InChI=1S/C14H16BrN3O2/c1-3-18-9-12(8-16-18)17-13(14(19)20-2)10-5-4-6-11(15)7-10/h4-9,13,17H,3H2,1-2H3/t13-/m1/s1. The van der Waals surface area contributed by atoms with E-state index in [4.69, 9.17) is 4.74 Å². The number of hydrogen-bond donors (Lipinski definition) is 1. The highest BCUT2D eigenvalue weighted by Gasteiger charge is 2.22. The van der Waals surface area contributed by atoms with E-state index in [0.717, 1.165) is 22.3 Å². The predicted octanol–water partition coefficient (Wildman–Crippen LogP) is 2.99. The van der Waals surface area contributed by atoms with Gasteiger partial charge in [0.15, 0.2) is 6.04 Å². The van der Waals surface area contributed by atoms with E-state index in [1.165, 1.54) is 7.11 Å². The second-order valence-corrected chi connectivity index (χ2v) is 5.16. The molecule has 0 bridgehead atoms. The molecule has 0 aliphatic rings. The molecule has 0 aliphatic carbocycles. The number of methoxy groups -OCH3 is 1. The van der Waals surface area contributed by atoms with Gasteiger partial charge >= 0.3 is 5.97 Å². The first-order chi connectivity index (χ1) is 9.63. The molecule has 1 N–H and O–H groups in total. The summed E-state index contributed by atoms with van der Waals surface area (Å²) < 4.78 is 7.57. The first-order valence-corrected chi connectivity index (χ1v) is 7.05. The molecule has 0 amide bonds. The van der Waals surface area contributed by atoms with Gasteiger partial charge in [-0.05, 0) is 24.6 Å². The number of halogens is 1. The van der Waals surface area contributed by atoms with Crippen molar-refractivity contribution >= 4 is 27.6 Å². The van der Waals surface area contributed by atoms with Gasteiger partial charge in [0.05, 0.1) is 19.0 Å². The van der Waals surface area contributed by atoms with E-state index in [9.17, 15) is 4.79 Å². The molecule has 0 saturated carbocycles. The monoisotopic (exact) mass is 337 g/mol. The quantitative estimate of drug-likeness (QED) is 0.852. The summed E-state index contributed by atoms with van der Waals surface area (Å²) in [7, 11) is 1.38. The third-order valence-corrected chi connectivity index (χ3v) is 3.38. The predicted molar refractivity (Wildman–Crippen MR) is 80.4 cm³/mol. The summed E-state index contributed by atoms with van der Waals surface area (Å²) in [6.07, 6.45) is 3.55. The molecule has 0 spiro atoms. The zero-order valence-corrected chi connectivity index (χ0v) is 12.9. The zero-order chi connectivity index (χ0) is 14.5. The van der Waals surface area contributed by atoms with E-state index in [2.05, 4.69) is 26.3 Å². The molecular weight excluding hydrogens is 322 g/mol. The van der Waals surface area contributed by atoms with E-state index < -0.39 is 6.04 Å². The average molecular weight is 338 g/mol. The molecule has 0 unspecified atom stereocenters. The molecule has 1 atom stereocenters. The third kappa shape index (κ3) is 3.39. The molecule has 0 radical (unpaired) electrons. The van der Waals surface area contributed by atoms with Crippen molar-refractivity contribution in [2.24, 2.45) is 0 Å². The first kappa shape index (κ1) is 14.6. The number of ether oxygens (including phenoxy) is 1. The lowest BCUT2D eigenvalue weighted by Gasteiger charge is -2.17. The molecule has 0 fully saturated rings. The maximum atomic E-state index is 12.0. The lowest BCUT2D eigenvalue weighted by atomic mass is 10.1. The van der Waals surface area contributed by atoms with Crippen LogP contribution in [-0.2, 0) is 16.1 Å². The fourth-order valence-electron chi connectivity index (χ4n) is 1.86. The van der Waals surface area contributed by atoms with E-state index in [1.807, 2.05) is 37.4 Å². The minimum Gasteiger partial charge on any atom is -0.467 e. The number of aromatic nitrogens is 2. The topological polar surface area (TPSA) is 56.2 Å². The molecule has 0 saturated heterocycles. The summed E-state index contributed by atoms with van der Waals surface area (Å²) in [6.45, 7) is 2.78. The number of nitrogens with one attached hydrogen (secondary N) is 1. The Bertz CT molecular complexity index is 598. The number of carbonyl (C=O) groups is 1. The molecule has 1 aromatic carbocycles. The van der Waals surface area contributed by atoms with E-state index in [1.54, 1.807) is 10.9 Å². The van der Waals surface area contributed by atoms with Crippen LogP contribution in [0.25, 0.3) is 0 Å². The number of anilines is 1. The maximum Gasteiger partial charge on any atom is 0.332 e. The number of hydrogen-bond acceptors (Lipinski definition) is 4. The lowest BCUT2D eigenvalue weighted by Crippen LogP contribution is -2.22. The smallest absolute Gasteiger partial charge is 0.332 e. The van der Waals surface area contributed by atoms with Crippen LogP contribution in [0.2, 0.25) is 0 Å². The molecule has 1 heterocycles. The van der Waals surface area contributed by atoms with Crippen molar-refractivity contribution in [3.05, 3.63) is 46.7 Å². The van der Waals surface area contributed by atoms with Crippen molar-refractivity contribution in [2.45, 2.75) is 19.5 Å². The maximum absolute atomic E-state index is 12.0. The fourth-order valence-corrected chi connectivity index (χ4v) is 2.28. The number of aryl methyl sites for hydroxylation is 1. The normalized spacial score (nSPS) is 11.9. The van der Waals surface area contributed by atoms with E-state index in [-0.39, 0.29) is 5.97 Å². The summed E-state index contributed by atoms with van der Waals surface area (Å²) in [6, 6.07) is 6.99. The van der Waals surface area contributed by atoms with Gasteiger partial charge in [-0.25, -0.2) is 4.79 Å². The average Bonchev–Trinajstić information content (AvgIpc) is 2.91. The second kappa shape index (κ2) is 6.56. The SMILES string of the molecule is CCn1cc(N[C@@H](C(=O)OC)c2cccc(Br)c2)cn1. The third-order valence-electron chi connectivity index (χ3n) is 2.89. The van der Waals surface area contributed by atoms with Gasteiger partial charge < -0.3 is 10.1 Å². The minimum absolute atomic E-state index is 0.340. The van der Waals surface area contributed by atoms with Crippen LogP contribution in [-0.4, -0.2) is 22.9 Å². The highest BCUT2D eigenvalue weighted by Crippen LogP contribution is 2.23. The van der Waals surface area contributed by atoms with Crippen LogP contribution in [0, 0.1) is 0 Å². The van der Waals surface area contributed by atoms with Crippen molar-refractivity contribution in [1.82, 2.24) is 9.78 Å². The number of nitrogens with zero attached hydrogens (tertiary/aromatic N) is 2. The van der Waals surface area contributed by atoms with Crippen molar-refractivity contribution in [1.29, 1.82) is 0 Å². The van der Waals surface area contributed by atoms with Crippen LogP contribution in [0.4, 0.5) is 5.69 Å². The Morgan fingerprint density at radius 2 is 2.35 bits per heavy atom. The van der Waals surface area contributed by atoms with Crippen molar-refractivity contribution in [2.75, 3.05) is 12.4 Å². The number of esters is 1. The Balaban J connectivity index is 2.26. The van der Waals surface area contributed by atoms with Crippen LogP contribution < -0.4 is 5.32 Å². The molecule has 5 nitrogen and oxygen atoms in total. The van der Waals surface area contributed by atoms with Crippen LogP contribution in [0.5, 0.6) is 0 Å². The Morgan fingerprint density at radius 1 is 1.55 bits per heavy atom. The van der Waals surface area contributed by atoms with Gasteiger partial charge in [0.2, 0.25) is 0 Å². The van der Waals surface area contributed by atoms with Gasteiger partial charge in [-0.1, -0.05) is 28.1 Å². The summed E-state index contributed by atoms with van der Waals surface area (Å²) in [5.74, 6) is -0.340. The van der Waals surface area contributed by atoms with Gasteiger partial charge in [0.25, 0.3) is 0 Å². The largest absolute Gasteiger partial charge is 0.467 e. The number of carbonyl (C=O) groups excluding carboxylic acids is 1. The van der Waals surface area contributed by atoms with Crippen molar-refractivity contribution < 1.29 is 9.53 Å². The number of rotatable bonds is 5. The van der Waals surface area contributed by atoms with Gasteiger partial charge in [-0.15, -0.1) is 0 Å². The first-order valence-electron chi connectivity index (χ1n) is 6.26. The van der Waals surface area contributed by atoms with Gasteiger partial charge in [0, 0.05) is 17.2 Å². The summed E-state index contributed by atoms with van der Waals surface area (Å²) in [5.41, 5.74) is 1.61. The molecule has 0 aliphatic heterocycles. The highest BCUT2D eigenvalue weighted by atomic mass is 79.9. The van der Waals surface area contributed by atoms with Crippen molar-refractivity contribution in [3.63, 3.8) is 0 Å². The highest BCUT2D eigenvalue weighted by molar-refractivity contribution is 9.10. The molecule has 106 valence electrons. The van der Waals surface area contributed by atoms with Crippen molar-refractivity contribution in [3.8, 4) is 0 Å². The van der Waals surface area contributed by atoms with Gasteiger partial charge in [0.1, 0.15) is 0 Å². The molecule has 1 aromatic heterocycles. The van der Waals surface area contributed by atoms with Crippen LogP contribution in [0.1, 0.15) is 18.5 Å². The lowest BCUT2D eigenvalue weighted by molar-refractivity contribution is -0.141. The zero-order valence-electron chi connectivity index (χ0n) is 11.3. The molecular formula is C14H16BrN3O2. The van der Waals surface area contributed by atoms with E-state index in [0.29, 0.717) is 0 Å². The molecule has 2 aromatic rings. The Labute approximate surface area is 126 Å². The fraction of sp³-hybridized carbons (Fsp3) is 0.286. The minimum atomic E-state index is -0.563. The van der Waals surface area contributed by atoms with Gasteiger partial charge in [-0.3, -0.25) is 4.68 Å². The number of benzene rings is 1. The van der Waals surface area contributed by atoms with E-state index >= 15 is 0 Å². The van der Waals surface area contributed by atoms with Gasteiger partial charge in [-0.2, -0.15) is 5.10 Å². The Morgan fingerprint density at radius 3 is 2.95 bits per heavy atom. The van der Waals surface area contributed by atoms with Crippen LogP contribution in [0.15, 0.2) is 41.1 Å². The Kier molecular flexibility index (Phi) is 4.79. The Hall–Kier alpha value is -1.82. The molecule has 20 heavy (non-hydrogen) atoms.